The van der Waals surface area contributed by atoms with Crippen LogP contribution in [0.3, 0.4) is 0 Å². The van der Waals surface area contributed by atoms with E-state index in [9.17, 15) is 19.2 Å². The summed E-state index contributed by atoms with van der Waals surface area (Å²) in [5.41, 5.74) is 0.373. The minimum atomic E-state index is -0.907. The zero-order chi connectivity index (χ0) is 30.4. The lowest BCUT2D eigenvalue weighted by Gasteiger charge is -2.27. The molecular formula is C30H28N2O10. The molecule has 1 aliphatic rings. The second-order valence-electron chi connectivity index (χ2n) is 8.57. The lowest BCUT2D eigenvalue weighted by molar-refractivity contribution is -0.122. The number of barbiturate groups is 1. The fraction of sp³-hybridized carbons (Fsp3) is 0.200. The Morgan fingerprint density at radius 2 is 1.48 bits per heavy atom. The van der Waals surface area contributed by atoms with Gasteiger partial charge in [0.05, 0.1) is 46.3 Å². The average Bonchev–Trinajstić information content (AvgIpc) is 2.99. The van der Waals surface area contributed by atoms with Gasteiger partial charge in [-0.2, -0.15) is 0 Å². The number of carbonyl (C=O) groups is 4. The van der Waals surface area contributed by atoms with Gasteiger partial charge in [-0.05, 0) is 55.0 Å². The van der Waals surface area contributed by atoms with E-state index in [0.717, 1.165) is 4.90 Å². The van der Waals surface area contributed by atoms with Crippen LogP contribution in [0.1, 0.15) is 22.8 Å². The van der Waals surface area contributed by atoms with Crippen molar-refractivity contribution in [1.82, 2.24) is 5.32 Å². The summed E-state index contributed by atoms with van der Waals surface area (Å²) in [5, 5.41) is 2.18. The van der Waals surface area contributed by atoms with Crippen LogP contribution in [-0.4, -0.2) is 58.9 Å². The van der Waals surface area contributed by atoms with Gasteiger partial charge in [-0.1, -0.05) is 18.2 Å². The van der Waals surface area contributed by atoms with E-state index in [1.54, 1.807) is 25.1 Å². The fourth-order valence-corrected chi connectivity index (χ4v) is 4.18. The Labute approximate surface area is 241 Å². The monoisotopic (exact) mass is 576 g/mol. The zero-order valence-electron chi connectivity index (χ0n) is 23.5. The van der Waals surface area contributed by atoms with E-state index in [4.69, 9.17) is 28.4 Å². The summed E-state index contributed by atoms with van der Waals surface area (Å²) in [7, 11) is 5.70. The van der Waals surface area contributed by atoms with Crippen LogP contribution in [0.5, 0.6) is 34.5 Å². The van der Waals surface area contributed by atoms with Crippen molar-refractivity contribution in [3.05, 3.63) is 71.3 Å². The van der Waals surface area contributed by atoms with E-state index < -0.39 is 23.8 Å². The summed E-state index contributed by atoms with van der Waals surface area (Å²) in [5.74, 6) is -1.05. The summed E-state index contributed by atoms with van der Waals surface area (Å²) in [6, 6.07) is 12.9. The van der Waals surface area contributed by atoms with Gasteiger partial charge in [0.1, 0.15) is 11.3 Å². The molecule has 12 heteroatoms. The normalized spacial score (nSPS) is 13.9. The molecule has 3 aromatic carbocycles. The smallest absolute Gasteiger partial charge is 0.343 e. The van der Waals surface area contributed by atoms with E-state index in [0.29, 0.717) is 11.3 Å². The van der Waals surface area contributed by atoms with Gasteiger partial charge in [-0.25, -0.2) is 14.5 Å². The second-order valence-corrected chi connectivity index (χ2v) is 8.57. The van der Waals surface area contributed by atoms with Crippen LogP contribution >= 0.6 is 0 Å². The molecule has 0 spiro atoms. The number of nitrogens with zero attached hydrogens (tertiary/aromatic N) is 1. The predicted molar refractivity (Wildman–Crippen MR) is 151 cm³/mol. The first-order chi connectivity index (χ1) is 20.3. The van der Waals surface area contributed by atoms with E-state index in [1.165, 1.54) is 70.9 Å². The van der Waals surface area contributed by atoms with Crippen LogP contribution in [-0.2, 0) is 9.59 Å². The molecule has 4 amide bonds. The van der Waals surface area contributed by atoms with Gasteiger partial charge < -0.3 is 28.4 Å². The lowest BCUT2D eigenvalue weighted by Crippen LogP contribution is -2.54. The van der Waals surface area contributed by atoms with Crippen LogP contribution in [0.15, 0.2) is 60.2 Å². The molecule has 0 unspecified atom stereocenters. The molecule has 42 heavy (non-hydrogen) atoms. The summed E-state index contributed by atoms with van der Waals surface area (Å²) >= 11 is 0. The van der Waals surface area contributed by atoms with Crippen molar-refractivity contribution in [1.29, 1.82) is 0 Å². The summed E-state index contributed by atoms with van der Waals surface area (Å²) in [6.45, 7) is 1.97. The first-order valence-corrected chi connectivity index (χ1v) is 12.6. The molecular weight excluding hydrogens is 548 g/mol. The molecule has 0 bridgehead atoms. The maximum atomic E-state index is 13.3. The van der Waals surface area contributed by atoms with Crippen molar-refractivity contribution in [3.8, 4) is 34.5 Å². The number of benzene rings is 3. The van der Waals surface area contributed by atoms with Crippen LogP contribution in [0, 0.1) is 0 Å². The molecule has 4 rings (SSSR count). The molecule has 3 aromatic rings. The van der Waals surface area contributed by atoms with Gasteiger partial charge >= 0.3 is 12.0 Å². The average molecular weight is 577 g/mol. The Morgan fingerprint density at radius 1 is 0.810 bits per heavy atom. The molecule has 0 aromatic heterocycles. The molecule has 12 nitrogen and oxygen atoms in total. The van der Waals surface area contributed by atoms with Gasteiger partial charge in [0.2, 0.25) is 5.75 Å². The lowest BCUT2D eigenvalue weighted by atomic mass is 10.1. The number of anilines is 1. The summed E-state index contributed by atoms with van der Waals surface area (Å²) in [6.07, 6.45) is 1.31. The van der Waals surface area contributed by atoms with Crippen molar-refractivity contribution < 1.29 is 47.6 Å². The quantitative estimate of drug-likeness (QED) is 0.163. The molecule has 1 heterocycles. The largest absolute Gasteiger partial charge is 0.495 e. The molecule has 0 aliphatic carbocycles. The Morgan fingerprint density at radius 3 is 2.10 bits per heavy atom. The van der Waals surface area contributed by atoms with E-state index in [-0.39, 0.29) is 52.2 Å². The Kier molecular flexibility index (Phi) is 8.96. The SMILES string of the molecule is CCOc1cc(/C=C2\C(=O)NC(=O)N(c3ccccc3OC)C2=O)ccc1OC(=O)c1cc(OC)c(OC)c(OC)c1. The highest BCUT2D eigenvalue weighted by Gasteiger charge is 2.38. The van der Waals surface area contributed by atoms with Gasteiger partial charge in [-0.3, -0.25) is 14.9 Å². The number of urea groups is 1. The fourth-order valence-electron chi connectivity index (χ4n) is 4.18. The van der Waals surface area contributed by atoms with Crippen molar-refractivity contribution >= 4 is 35.6 Å². The van der Waals surface area contributed by atoms with Crippen LogP contribution in [0.4, 0.5) is 10.5 Å². The molecule has 1 aliphatic heterocycles. The van der Waals surface area contributed by atoms with Gasteiger partial charge in [0.15, 0.2) is 23.0 Å². The molecule has 1 fully saturated rings. The third-order valence-corrected chi connectivity index (χ3v) is 6.11. The van der Waals surface area contributed by atoms with Gasteiger partial charge in [-0.15, -0.1) is 0 Å². The standard InChI is InChI=1S/C30H28N2O10/c1-6-41-23-14-17(11-12-22(23)42-29(35)18-15-24(38-3)26(40-5)25(16-18)39-4)13-19-27(33)31-30(36)32(28(19)34)20-9-7-8-10-21(20)37-2/h7-16H,6H2,1-5H3,(H,31,33,36)/b19-13+. The number of hydrogen-bond donors (Lipinski definition) is 1. The first kappa shape index (κ1) is 29.5. The van der Waals surface area contributed by atoms with Crippen LogP contribution < -0.4 is 38.6 Å². The van der Waals surface area contributed by atoms with E-state index in [2.05, 4.69) is 5.32 Å². The van der Waals surface area contributed by atoms with E-state index in [1.807, 2.05) is 0 Å². The number of rotatable bonds is 10. The molecule has 1 saturated heterocycles. The van der Waals surface area contributed by atoms with Crippen LogP contribution in [0.2, 0.25) is 0 Å². The number of nitrogens with one attached hydrogen (secondary N) is 1. The minimum Gasteiger partial charge on any atom is -0.495 e. The third kappa shape index (κ3) is 5.82. The molecule has 1 N–H and O–H groups in total. The highest BCUT2D eigenvalue weighted by atomic mass is 16.6. The number of carbonyl (C=O) groups excluding carboxylic acids is 4. The Bertz CT molecular complexity index is 1550. The highest BCUT2D eigenvalue weighted by Crippen LogP contribution is 2.39. The number of ether oxygens (including phenoxy) is 6. The van der Waals surface area contributed by atoms with E-state index >= 15 is 0 Å². The molecule has 0 atom stereocenters. The molecule has 0 radical (unpaired) electrons. The first-order valence-electron chi connectivity index (χ1n) is 12.6. The number of amides is 4. The predicted octanol–water partition coefficient (Wildman–Crippen LogP) is 4.01. The van der Waals surface area contributed by atoms with Gasteiger partial charge in [0, 0.05) is 0 Å². The van der Waals surface area contributed by atoms with Crippen LogP contribution in [0.25, 0.3) is 6.08 Å². The van der Waals surface area contributed by atoms with Crippen molar-refractivity contribution in [3.63, 3.8) is 0 Å². The highest BCUT2D eigenvalue weighted by molar-refractivity contribution is 6.39. The summed E-state index contributed by atoms with van der Waals surface area (Å²) < 4.78 is 32.5. The third-order valence-electron chi connectivity index (χ3n) is 6.11. The number of imide groups is 2. The molecule has 218 valence electrons. The Hall–Kier alpha value is -5.52. The van der Waals surface area contributed by atoms with Crippen molar-refractivity contribution in [2.75, 3.05) is 39.9 Å². The minimum absolute atomic E-state index is 0.0861. The van der Waals surface area contributed by atoms with Crippen molar-refractivity contribution in [2.45, 2.75) is 6.92 Å². The second kappa shape index (κ2) is 12.8. The Balaban J connectivity index is 1.66. The van der Waals surface area contributed by atoms with Crippen molar-refractivity contribution in [2.24, 2.45) is 0 Å². The number of esters is 1. The topological polar surface area (TPSA) is 139 Å². The zero-order valence-corrected chi connectivity index (χ0v) is 23.5. The van der Waals surface area contributed by atoms with Gasteiger partial charge in [0.25, 0.3) is 11.8 Å². The number of para-hydroxylation sites is 2. The maximum absolute atomic E-state index is 13.3. The summed E-state index contributed by atoms with van der Waals surface area (Å²) in [4.78, 5) is 52.5. The number of methoxy groups -OCH3 is 4. The molecule has 0 saturated carbocycles. The maximum Gasteiger partial charge on any atom is 0.343 e. The number of hydrogen-bond acceptors (Lipinski definition) is 10.